The Morgan fingerprint density at radius 1 is 1.16 bits per heavy atom. The lowest BCUT2D eigenvalue weighted by molar-refractivity contribution is 0.240. The van der Waals surface area contributed by atoms with Gasteiger partial charge >= 0.3 is 0 Å². The van der Waals surface area contributed by atoms with E-state index < -0.39 is 0 Å². The topological polar surface area (TPSA) is 71.2 Å². The molecule has 7 nitrogen and oxygen atoms in total. The molecule has 0 N–H and O–H groups in total. The molecule has 3 rings (SSSR count). The highest BCUT2D eigenvalue weighted by Gasteiger charge is 2.20. The van der Waals surface area contributed by atoms with Crippen molar-refractivity contribution >= 4 is 16.5 Å². The van der Waals surface area contributed by atoms with E-state index >= 15 is 0 Å². The summed E-state index contributed by atoms with van der Waals surface area (Å²) in [7, 11) is 0. The summed E-state index contributed by atoms with van der Waals surface area (Å²) >= 11 is 1.65. The van der Waals surface area contributed by atoms with Crippen LogP contribution in [0.2, 0.25) is 0 Å². The molecule has 2 aromatic rings. The van der Waals surface area contributed by atoms with Gasteiger partial charge in [0.15, 0.2) is 5.82 Å². The van der Waals surface area contributed by atoms with Crippen molar-refractivity contribution in [3.05, 3.63) is 16.7 Å². The summed E-state index contributed by atoms with van der Waals surface area (Å²) in [6.45, 7) is 8.43. The van der Waals surface area contributed by atoms with E-state index in [0.717, 1.165) is 48.7 Å². The molecule has 0 radical (unpaired) electrons. The molecular weight excluding hydrogens is 264 g/mol. The number of piperazine rings is 1. The fraction of sp³-hybridized carbons (Fsp3) is 0.636. The summed E-state index contributed by atoms with van der Waals surface area (Å²) in [6, 6.07) is 0. The summed E-state index contributed by atoms with van der Waals surface area (Å²) in [6.07, 6.45) is 0. The van der Waals surface area contributed by atoms with Crippen LogP contribution in [-0.2, 0) is 6.54 Å². The standard InChI is InChI=1S/C11H16N6OS/c1-8-12-10(15-18-8)7-16-3-5-17(6-4-16)11-14-13-9(2)19-11/h3-7H2,1-2H3. The van der Waals surface area contributed by atoms with Crippen LogP contribution in [0.1, 0.15) is 16.7 Å². The molecule has 0 amide bonds. The van der Waals surface area contributed by atoms with E-state index in [9.17, 15) is 0 Å². The molecule has 0 aromatic carbocycles. The fourth-order valence-corrected chi connectivity index (χ4v) is 2.86. The van der Waals surface area contributed by atoms with Crippen molar-refractivity contribution in [2.75, 3.05) is 31.1 Å². The first kappa shape index (κ1) is 12.5. The lowest BCUT2D eigenvalue weighted by atomic mass is 10.3. The molecule has 0 saturated carbocycles. The predicted molar refractivity (Wildman–Crippen MR) is 71.2 cm³/mol. The minimum atomic E-state index is 0.623. The second kappa shape index (κ2) is 5.22. The number of anilines is 1. The lowest BCUT2D eigenvalue weighted by Crippen LogP contribution is -2.46. The third-order valence-electron chi connectivity index (χ3n) is 3.09. The van der Waals surface area contributed by atoms with Gasteiger partial charge in [-0.05, 0) is 6.92 Å². The first-order valence-corrected chi connectivity index (χ1v) is 7.09. The van der Waals surface area contributed by atoms with E-state index in [1.165, 1.54) is 0 Å². The van der Waals surface area contributed by atoms with Gasteiger partial charge in [-0.15, -0.1) is 10.2 Å². The Kier molecular flexibility index (Phi) is 3.43. The average Bonchev–Trinajstić information content (AvgIpc) is 3.00. The highest BCUT2D eigenvalue weighted by molar-refractivity contribution is 7.15. The zero-order valence-corrected chi connectivity index (χ0v) is 11.9. The zero-order valence-electron chi connectivity index (χ0n) is 11.0. The van der Waals surface area contributed by atoms with Gasteiger partial charge in [0.2, 0.25) is 11.0 Å². The van der Waals surface area contributed by atoms with Gasteiger partial charge in [-0.1, -0.05) is 16.5 Å². The van der Waals surface area contributed by atoms with Crippen LogP contribution < -0.4 is 4.90 Å². The minimum absolute atomic E-state index is 0.623. The average molecular weight is 280 g/mol. The molecule has 0 aliphatic carbocycles. The van der Waals surface area contributed by atoms with Gasteiger partial charge in [-0.25, -0.2) is 0 Å². The second-order valence-electron chi connectivity index (χ2n) is 4.60. The van der Waals surface area contributed by atoms with Gasteiger partial charge in [0.25, 0.3) is 0 Å². The van der Waals surface area contributed by atoms with Crippen molar-refractivity contribution in [2.45, 2.75) is 20.4 Å². The number of hydrogen-bond acceptors (Lipinski definition) is 8. The van der Waals surface area contributed by atoms with E-state index in [-0.39, 0.29) is 0 Å². The monoisotopic (exact) mass is 280 g/mol. The Balaban J connectivity index is 1.54. The number of hydrogen-bond donors (Lipinski definition) is 0. The van der Waals surface area contributed by atoms with E-state index in [1.54, 1.807) is 11.3 Å². The molecule has 3 heterocycles. The Labute approximate surface area is 115 Å². The number of aryl methyl sites for hydroxylation is 2. The molecular formula is C11H16N6OS. The molecule has 1 aliphatic heterocycles. The van der Waals surface area contributed by atoms with Gasteiger partial charge in [0.05, 0.1) is 6.54 Å². The van der Waals surface area contributed by atoms with Gasteiger partial charge < -0.3 is 9.42 Å². The van der Waals surface area contributed by atoms with Gasteiger partial charge in [0, 0.05) is 33.1 Å². The van der Waals surface area contributed by atoms with E-state index in [2.05, 4.69) is 30.1 Å². The lowest BCUT2D eigenvalue weighted by Gasteiger charge is -2.33. The molecule has 1 fully saturated rings. The smallest absolute Gasteiger partial charge is 0.223 e. The Morgan fingerprint density at radius 3 is 2.53 bits per heavy atom. The molecule has 1 aliphatic rings. The Morgan fingerprint density at radius 2 is 1.95 bits per heavy atom. The molecule has 1 saturated heterocycles. The predicted octanol–water partition coefficient (Wildman–Crippen LogP) is 0.860. The largest absolute Gasteiger partial charge is 0.344 e. The highest BCUT2D eigenvalue weighted by Crippen LogP contribution is 2.21. The van der Waals surface area contributed by atoms with Crippen LogP contribution >= 0.6 is 11.3 Å². The van der Waals surface area contributed by atoms with E-state index in [4.69, 9.17) is 4.52 Å². The molecule has 0 bridgehead atoms. The Bertz CT molecular complexity index is 545. The molecule has 8 heteroatoms. The summed E-state index contributed by atoms with van der Waals surface area (Å²) in [5, 5.41) is 14.2. The third-order valence-corrected chi connectivity index (χ3v) is 3.99. The fourth-order valence-electron chi connectivity index (χ4n) is 2.12. The maximum Gasteiger partial charge on any atom is 0.223 e. The summed E-state index contributed by atoms with van der Waals surface area (Å²) in [5.74, 6) is 1.38. The van der Waals surface area contributed by atoms with Gasteiger partial charge in [0.1, 0.15) is 5.01 Å². The van der Waals surface area contributed by atoms with Gasteiger partial charge in [-0.2, -0.15) is 4.98 Å². The van der Waals surface area contributed by atoms with Crippen LogP contribution in [-0.4, -0.2) is 51.4 Å². The quantitative estimate of drug-likeness (QED) is 0.825. The number of nitrogens with zero attached hydrogens (tertiary/aromatic N) is 6. The number of rotatable bonds is 3. The second-order valence-corrected chi connectivity index (χ2v) is 5.76. The van der Waals surface area contributed by atoms with Crippen molar-refractivity contribution in [1.29, 1.82) is 0 Å². The highest BCUT2D eigenvalue weighted by atomic mass is 32.1. The molecule has 102 valence electrons. The molecule has 0 unspecified atom stereocenters. The van der Waals surface area contributed by atoms with Crippen LogP contribution in [0.15, 0.2) is 4.52 Å². The minimum Gasteiger partial charge on any atom is -0.344 e. The maximum atomic E-state index is 4.98. The van der Waals surface area contributed by atoms with Crippen molar-refractivity contribution < 1.29 is 4.52 Å². The summed E-state index contributed by atoms with van der Waals surface area (Å²) < 4.78 is 4.98. The molecule has 2 aromatic heterocycles. The van der Waals surface area contributed by atoms with Crippen LogP contribution in [0.5, 0.6) is 0 Å². The first-order chi connectivity index (χ1) is 9.20. The first-order valence-electron chi connectivity index (χ1n) is 6.27. The SMILES string of the molecule is Cc1nc(CN2CCN(c3nnc(C)s3)CC2)no1. The van der Waals surface area contributed by atoms with Crippen LogP contribution in [0.4, 0.5) is 5.13 Å². The normalized spacial score (nSPS) is 17.1. The zero-order chi connectivity index (χ0) is 13.2. The summed E-state index contributed by atoms with van der Waals surface area (Å²) in [5.41, 5.74) is 0. The molecule has 0 atom stereocenters. The van der Waals surface area contributed by atoms with Crippen LogP contribution in [0.25, 0.3) is 0 Å². The molecule has 0 spiro atoms. The van der Waals surface area contributed by atoms with Crippen molar-refractivity contribution in [1.82, 2.24) is 25.2 Å². The van der Waals surface area contributed by atoms with Crippen LogP contribution in [0, 0.1) is 13.8 Å². The Hall–Kier alpha value is -1.54. The van der Waals surface area contributed by atoms with E-state index in [1.807, 2.05) is 13.8 Å². The van der Waals surface area contributed by atoms with Crippen molar-refractivity contribution in [3.8, 4) is 0 Å². The maximum absolute atomic E-state index is 4.98. The third kappa shape index (κ3) is 2.90. The van der Waals surface area contributed by atoms with Crippen molar-refractivity contribution in [3.63, 3.8) is 0 Å². The number of aromatic nitrogens is 4. The van der Waals surface area contributed by atoms with Crippen LogP contribution in [0.3, 0.4) is 0 Å². The van der Waals surface area contributed by atoms with E-state index in [0.29, 0.717) is 5.89 Å². The van der Waals surface area contributed by atoms with Gasteiger partial charge in [-0.3, -0.25) is 4.90 Å². The molecule has 19 heavy (non-hydrogen) atoms. The van der Waals surface area contributed by atoms with Crippen molar-refractivity contribution in [2.24, 2.45) is 0 Å². The summed E-state index contributed by atoms with van der Waals surface area (Å²) in [4.78, 5) is 8.84.